The largest absolute Gasteiger partial charge is 0.481 e. The first kappa shape index (κ1) is 29.5. The fourth-order valence-corrected chi connectivity index (χ4v) is 6.30. The molecule has 0 unspecified atom stereocenters. The van der Waals surface area contributed by atoms with Crippen molar-refractivity contribution in [1.82, 2.24) is 10.3 Å². The fraction of sp³-hybridized carbons (Fsp3) is 0.265. The van der Waals surface area contributed by atoms with Crippen LogP contribution in [0.2, 0.25) is 5.02 Å². The highest BCUT2D eigenvalue weighted by Gasteiger charge is 2.20. The maximum Gasteiger partial charge on any atom is 0.305 e. The number of thiazole rings is 1. The average molecular weight is 600 g/mol. The average Bonchev–Trinajstić information content (AvgIpc) is 3.46. The third-order valence-corrected chi connectivity index (χ3v) is 8.76. The summed E-state index contributed by atoms with van der Waals surface area (Å²) in [5.74, 6) is -1.21. The van der Waals surface area contributed by atoms with Gasteiger partial charge < -0.3 is 15.3 Å². The lowest BCUT2D eigenvalue weighted by Crippen LogP contribution is -2.26. The SMILES string of the molecule is O=C(O)CCNC(=O)c1ccc(CN(CCC2=CCCCC2)c2nc(-c3ccc(Cl)cc3)c(-c3ccccc3)s2)cc1. The Kier molecular flexibility index (Phi) is 10.1. The summed E-state index contributed by atoms with van der Waals surface area (Å²) in [6, 6.07) is 25.7. The van der Waals surface area contributed by atoms with Crippen LogP contribution in [0.5, 0.6) is 0 Å². The van der Waals surface area contributed by atoms with Crippen molar-refractivity contribution in [1.29, 1.82) is 0 Å². The molecule has 42 heavy (non-hydrogen) atoms. The number of hydrogen-bond acceptors (Lipinski definition) is 5. The van der Waals surface area contributed by atoms with Crippen molar-refractivity contribution >= 4 is 39.9 Å². The van der Waals surface area contributed by atoms with Gasteiger partial charge in [-0.15, -0.1) is 0 Å². The molecule has 1 aliphatic rings. The Morgan fingerprint density at radius 3 is 2.40 bits per heavy atom. The molecule has 6 nitrogen and oxygen atoms in total. The minimum Gasteiger partial charge on any atom is -0.481 e. The third-order valence-electron chi connectivity index (χ3n) is 7.34. The first-order valence-corrected chi connectivity index (χ1v) is 15.5. The predicted molar refractivity (Wildman–Crippen MR) is 171 cm³/mol. The Labute approximate surface area is 255 Å². The Bertz CT molecular complexity index is 1530. The number of nitrogens with zero attached hydrogens (tertiary/aromatic N) is 2. The number of benzene rings is 3. The van der Waals surface area contributed by atoms with Gasteiger partial charge in [0.15, 0.2) is 5.13 Å². The summed E-state index contributed by atoms with van der Waals surface area (Å²) in [6.07, 6.45) is 8.10. The van der Waals surface area contributed by atoms with E-state index in [1.54, 1.807) is 23.5 Å². The van der Waals surface area contributed by atoms with E-state index in [0.29, 0.717) is 17.1 Å². The molecular weight excluding hydrogens is 566 g/mol. The number of rotatable bonds is 12. The zero-order chi connectivity index (χ0) is 29.3. The van der Waals surface area contributed by atoms with E-state index < -0.39 is 5.97 Å². The van der Waals surface area contributed by atoms with Crippen molar-refractivity contribution in [2.45, 2.75) is 45.1 Å². The van der Waals surface area contributed by atoms with Gasteiger partial charge in [0.25, 0.3) is 5.91 Å². The number of nitrogens with one attached hydrogen (secondary N) is 1. The summed E-state index contributed by atoms with van der Waals surface area (Å²) >= 11 is 7.90. The molecule has 0 bridgehead atoms. The summed E-state index contributed by atoms with van der Waals surface area (Å²) in [4.78, 5) is 31.9. The first-order valence-electron chi connectivity index (χ1n) is 14.3. The smallest absolute Gasteiger partial charge is 0.305 e. The molecule has 4 aromatic rings. The van der Waals surface area contributed by atoms with Crippen LogP contribution in [0.4, 0.5) is 5.13 Å². The maximum absolute atomic E-state index is 12.5. The molecular formula is C34H34ClN3O3S. The summed E-state index contributed by atoms with van der Waals surface area (Å²) in [7, 11) is 0. The van der Waals surface area contributed by atoms with Crippen LogP contribution >= 0.6 is 22.9 Å². The molecule has 0 atom stereocenters. The number of hydrogen-bond donors (Lipinski definition) is 2. The molecule has 3 aromatic carbocycles. The van der Waals surface area contributed by atoms with E-state index in [1.807, 2.05) is 54.6 Å². The van der Waals surface area contributed by atoms with Gasteiger partial charge >= 0.3 is 5.97 Å². The summed E-state index contributed by atoms with van der Waals surface area (Å²) in [5.41, 5.74) is 6.17. The Morgan fingerprint density at radius 2 is 1.71 bits per heavy atom. The van der Waals surface area contributed by atoms with Gasteiger partial charge in [-0.1, -0.05) is 89.2 Å². The van der Waals surface area contributed by atoms with Gasteiger partial charge in [-0.25, -0.2) is 4.98 Å². The molecule has 1 aromatic heterocycles. The summed E-state index contributed by atoms with van der Waals surface area (Å²) < 4.78 is 0. The predicted octanol–water partition coefficient (Wildman–Crippen LogP) is 8.23. The number of amides is 1. The molecule has 1 amide bonds. The standard InChI is InChI=1S/C34H34ClN3O3S/c35-29-17-15-26(16-18-29)31-32(27-9-5-2-6-10-27)42-34(37-31)38(22-20-24-7-3-1-4-8-24)23-25-11-13-28(14-12-25)33(41)36-21-19-30(39)40/h2,5-7,9-18H,1,3-4,8,19-23H2,(H,36,41)(H,39,40). The van der Waals surface area contributed by atoms with Crippen LogP contribution in [-0.4, -0.2) is 35.1 Å². The van der Waals surface area contributed by atoms with E-state index in [2.05, 4.69) is 28.4 Å². The fourth-order valence-electron chi connectivity index (χ4n) is 5.05. The zero-order valence-corrected chi connectivity index (χ0v) is 25.0. The number of anilines is 1. The molecule has 1 aliphatic carbocycles. The Balaban J connectivity index is 1.43. The molecule has 0 saturated carbocycles. The molecule has 0 spiro atoms. The van der Waals surface area contributed by atoms with Gasteiger partial charge in [0.05, 0.1) is 17.0 Å². The molecule has 0 fully saturated rings. The number of carboxylic acid groups (broad SMARTS) is 1. The number of halogens is 1. The second-order valence-corrected chi connectivity index (χ2v) is 11.8. The highest BCUT2D eigenvalue weighted by atomic mass is 35.5. The van der Waals surface area contributed by atoms with Crippen molar-refractivity contribution in [2.75, 3.05) is 18.0 Å². The van der Waals surface area contributed by atoms with Crippen LogP contribution in [0, 0.1) is 0 Å². The lowest BCUT2D eigenvalue weighted by molar-refractivity contribution is -0.136. The van der Waals surface area contributed by atoms with Gasteiger partial charge in [-0.3, -0.25) is 9.59 Å². The lowest BCUT2D eigenvalue weighted by atomic mass is 9.97. The summed E-state index contributed by atoms with van der Waals surface area (Å²) in [6.45, 7) is 1.59. The van der Waals surface area contributed by atoms with Crippen molar-refractivity contribution in [3.05, 3.63) is 107 Å². The van der Waals surface area contributed by atoms with Crippen molar-refractivity contribution < 1.29 is 14.7 Å². The quantitative estimate of drug-likeness (QED) is 0.160. The highest BCUT2D eigenvalue weighted by Crippen LogP contribution is 2.41. The van der Waals surface area contributed by atoms with E-state index in [9.17, 15) is 9.59 Å². The molecule has 5 rings (SSSR count). The van der Waals surface area contributed by atoms with Gasteiger partial charge in [-0.2, -0.15) is 0 Å². The molecule has 1 heterocycles. The van der Waals surface area contributed by atoms with Crippen molar-refractivity contribution in [2.24, 2.45) is 0 Å². The second-order valence-electron chi connectivity index (χ2n) is 10.4. The van der Waals surface area contributed by atoms with Crippen molar-refractivity contribution in [3.8, 4) is 21.7 Å². The van der Waals surface area contributed by atoms with Crippen LogP contribution in [0.15, 0.2) is 90.5 Å². The van der Waals surface area contributed by atoms with Crippen LogP contribution in [0.25, 0.3) is 21.7 Å². The number of carbonyl (C=O) groups excluding carboxylic acids is 1. The normalized spacial score (nSPS) is 12.9. The molecule has 0 saturated heterocycles. The molecule has 216 valence electrons. The minimum atomic E-state index is -0.938. The minimum absolute atomic E-state index is 0.100. The lowest BCUT2D eigenvalue weighted by Gasteiger charge is -2.24. The summed E-state index contributed by atoms with van der Waals surface area (Å²) in [5, 5.41) is 13.1. The molecule has 0 radical (unpaired) electrons. The molecule has 2 N–H and O–H groups in total. The van der Waals surface area contributed by atoms with E-state index in [4.69, 9.17) is 21.7 Å². The second kappa shape index (κ2) is 14.3. The van der Waals surface area contributed by atoms with E-state index in [-0.39, 0.29) is 18.9 Å². The zero-order valence-electron chi connectivity index (χ0n) is 23.4. The Morgan fingerprint density at radius 1 is 0.952 bits per heavy atom. The number of aromatic nitrogens is 1. The van der Waals surface area contributed by atoms with Gasteiger partial charge in [0.1, 0.15) is 0 Å². The van der Waals surface area contributed by atoms with Crippen LogP contribution < -0.4 is 10.2 Å². The highest BCUT2D eigenvalue weighted by molar-refractivity contribution is 7.19. The Hall–Kier alpha value is -3.94. The van der Waals surface area contributed by atoms with Crippen LogP contribution in [0.1, 0.15) is 54.4 Å². The van der Waals surface area contributed by atoms with Gasteiger partial charge in [0.2, 0.25) is 0 Å². The topological polar surface area (TPSA) is 82.5 Å². The number of carbonyl (C=O) groups is 2. The van der Waals surface area contributed by atoms with Crippen molar-refractivity contribution in [3.63, 3.8) is 0 Å². The number of aliphatic carboxylic acids is 1. The van der Waals surface area contributed by atoms with Crippen LogP contribution in [0.3, 0.4) is 0 Å². The van der Waals surface area contributed by atoms with E-state index in [0.717, 1.165) is 58.2 Å². The van der Waals surface area contributed by atoms with Gasteiger partial charge in [-0.05, 0) is 67.5 Å². The third kappa shape index (κ3) is 7.87. The monoisotopic (exact) mass is 599 g/mol. The number of carboxylic acids is 1. The van der Waals surface area contributed by atoms with Gasteiger partial charge in [0, 0.05) is 35.8 Å². The van der Waals surface area contributed by atoms with E-state index >= 15 is 0 Å². The first-order chi connectivity index (χ1) is 20.5. The number of allylic oxidation sites excluding steroid dienone is 1. The molecule has 0 aliphatic heterocycles. The van der Waals surface area contributed by atoms with Crippen LogP contribution in [-0.2, 0) is 11.3 Å². The molecule has 8 heteroatoms. The van der Waals surface area contributed by atoms with E-state index in [1.165, 1.54) is 18.4 Å². The maximum atomic E-state index is 12.5.